The number of rotatable bonds is 21. The van der Waals surface area contributed by atoms with Gasteiger partial charge in [0.25, 0.3) is 0 Å². The van der Waals surface area contributed by atoms with Crippen molar-refractivity contribution in [2.24, 2.45) is 34.0 Å². The number of ether oxygens (including phenoxy) is 1. The van der Waals surface area contributed by atoms with Crippen molar-refractivity contribution in [1.82, 2.24) is 10.6 Å². The van der Waals surface area contributed by atoms with E-state index in [1.165, 1.54) is 96.3 Å². The monoisotopic (exact) mass is 689 g/mol. The molecule has 48 heavy (non-hydrogen) atoms. The van der Waals surface area contributed by atoms with Gasteiger partial charge in [-0.05, 0) is 61.6 Å². The molecule has 0 spiro atoms. The number of Topliss-reactive ketones (excluding diaryl/α,β-unsaturated/α-hetero) is 1. The molecule has 3 aliphatic carbocycles. The molecule has 3 saturated carbocycles. The average Bonchev–Trinajstić information content (AvgIpc) is 3.43. The molecule has 3 fully saturated rings. The van der Waals surface area contributed by atoms with Crippen LogP contribution in [0.2, 0.25) is 0 Å². The third-order valence-electron chi connectivity index (χ3n) is 13.3. The fourth-order valence-corrected chi connectivity index (χ4v) is 9.97. The molecule has 8 atom stereocenters. The van der Waals surface area contributed by atoms with Gasteiger partial charge in [-0.1, -0.05) is 137 Å². The van der Waals surface area contributed by atoms with Crippen LogP contribution in [0.15, 0.2) is 12.7 Å². The molecule has 0 radical (unpaired) electrons. The Morgan fingerprint density at radius 1 is 0.917 bits per heavy atom. The summed E-state index contributed by atoms with van der Waals surface area (Å²) in [5.74, 6) is -0.164. The smallest absolute Gasteiger partial charge is 0.325 e. The summed E-state index contributed by atoms with van der Waals surface area (Å²) in [5.41, 5.74) is -1.42. The SMILES string of the molecule is C=C[C@]1(C)C[C@@H](OC(=O)CNC(=S)NCCCCCCCCCCCCCCCCCC)[C@]2(C)[C@H](C)CC[C@]3(CCC(=O)[C@H]32)[C@@H](C)[C@@H]1O. The lowest BCUT2D eigenvalue weighted by molar-refractivity contribution is -0.206. The summed E-state index contributed by atoms with van der Waals surface area (Å²) in [4.78, 5) is 26.9. The Labute approximate surface area is 299 Å². The van der Waals surface area contributed by atoms with Crippen molar-refractivity contribution in [3.8, 4) is 0 Å². The summed E-state index contributed by atoms with van der Waals surface area (Å²) in [7, 11) is 0. The maximum atomic E-state index is 13.6. The number of nitrogens with one attached hydrogen (secondary N) is 2. The Balaban J connectivity index is 1.35. The Kier molecular flexibility index (Phi) is 16.9. The highest BCUT2D eigenvalue weighted by Gasteiger charge is 2.68. The number of carbonyl (C=O) groups excluding carboxylic acids is 2. The molecular formula is C41H72N2O4S. The van der Waals surface area contributed by atoms with Crippen molar-refractivity contribution in [2.75, 3.05) is 13.1 Å². The van der Waals surface area contributed by atoms with Gasteiger partial charge in [-0.25, -0.2) is 0 Å². The zero-order chi connectivity index (χ0) is 35.2. The summed E-state index contributed by atoms with van der Waals surface area (Å²) in [6, 6.07) is 0. The third-order valence-corrected chi connectivity index (χ3v) is 13.6. The number of ketones is 1. The molecule has 0 aliphatic heterocycles. The Morgan fingerprint density at radius 3 is 2.00 bits per heavy atom. The average molecular weight is 689 g/mol. The Bertz CT molecular complexity index is 1040. The van der Waals surface area contributed by atoms with Gasteiger partial charge in [0.2, 0.25) is 0 Å². The van der Waals surface area contributed by atoms with Crippen molar-refractivity contribution < 1.29 is 19.4 Å². The lowest BCUT2D eigenvalue weighted by atomic mass is 9.44. The molecule has 0 heterocycles. The van der Waals surface area contributed by atoms with Gasteiger partial charge >= 0.3 is 5.97 Å². The van der Waals surface area contributed by atoms with Crippen molar-refractivity contribution in [2.45, 2.75) is 182 Å². The predicted molar refractivity (Wildman–Crippen MR) is 203 cm³/mol. The number of aliphatic hydroxyl groups excluding tert-OH is 1. The summed E-state index contributed by atoms with van der Waals surface area (Å²) in [5, 5.41) is 18.5. The number of thiocarbonyl (C=S) groups is 1. The Morgan fingerprint density at radius 2 is 1.46 bits per heavy atom. The van der Waals surface area contributed by atoms with Gasteiger partial charge in [-0.3, -0.25) is 9.59 Å². The first kappa shape index (κ1) is 41.0. The number of esters is 1. The number of hydrogen-bond donors (Lipinski definition) is 3. The van der Waals surface area contributed by atoms with Crippen molar-refractivity contribution in [3.63, 3.8) is 0 Å². The molecule has 3 N–H and O–H groups in total. The fourth-order valence-electron chi connectivity index (χ4n) is 9.79. The van der Waals surface area contributed by atoms with E-state index in [-0.39, 0.29) is 41.5 Å². The number of unbranched alkanes of at least 4 members (excludes halogenated alkanes) is 15. The van der Waals surface area contributed by atoms with Crippen LogP contribution < -0.4 is 10.6 Å². The molecule has 3 aliphatic rings. The molecule has 0 aromatic heterocycles. The summed E-state index contributed by atoms with van der Waals surface area (Å²) in [6.45, 7) is 15.7. The minimum Gasteiger partial charge on any atom is -0.460 e. The normalized spacial score (nSPS) is 33.0. The van der Waals surface area contributed by atoms with E-state index in [1.807, 2.05) is 13.0 Å². The van der Waals surface area contributed by atoms with E-state index in [1.54, 1.807) is 0 Å². The molecule has 0 aromatic carbocycles. The molecule has 276 valence electrons. The minimum absolute atomic E-state index is 0.0285. The lowest BCUT2D eigenvalue weighted by Gasteiger charge is -2.61. The Hall–Kier alpha value is -1.47. The van der Waals surface area contributed by atoms with E-state index >= 15 is 0 Å². The molecule has 0 amide bonds. The zero-order valence-corrected chi connectivity index (χ0v) is 32.3. The largest absolute Gasteiger partial charge is 0.460 e. The van der Waals surface area contributed by atoms with E-state index in [9.17, 15) is 14.7 Å². The molecule has 6 nitrogen and oxygen atoms in total. The molecule has 3 rings (SSSR count). The topological polar surface area (TPSA) is 87.7 Å². The van der Waals surface area contributed by atoms with Crippen LogP contribution in [-0.4, -0.2) is 47.3 Å². The van der Waals surface area contributed by atoms with Crippen LogP contribution in [0.5, 0.6) is 0 Å². The van der Waals surface area contributed by atoms with Crippen LogP contribution in [-0.2, 0) is 14.3 Å². The second kappa shape index (κ2) is 19.8. The van der Waals surface area contributed by atoms with E-state index < -0.39 is 23.0 Å². The first-order valence-electron chi connectivity index (χ1n) is 20.0. The van der Waals surface area contributed by atoms with E-state index in [0.29, 0.717) is 18.0 Å². The number of carbonyl (C=O) groups is 2. The lowest BCUT2D eigenvalue weighted by Crippen LogP contribution is -2.63. The highest BCUT2D eigenvalue weighted by atomic mass is 32.1. The van der Waals surface area contributed by atoms with Crippen LogP contribution in [0.4, 0.5) is 0 Å². The zero-order valence-electron chi connectivity index (χ0n) is 31.5. The molecule has 0 aromatic rings. The van der Waals surface area contributed by atoms with Crippen LogP contribution in [0.1, 0.15) is 169 Å². The molecule has 2 bridgehead atoms. The van der Waals surface area contributed by atoms with Gasteiger partial charge in [-0.15, -0.1) is 6.58 Å². The maximum absolute atomic E-state index is 13.6. The second-order valence-electron chi connectivity index (χ2n) is 16.5. The van der Waals surface area contributed by atoms with Gasteiger partial charge in [0.15, 0.2) is 5.11 Å². The summed E-state index contributed by atoms with van der Waals surface area (Å²) in [6.07, 6.45) is 25.8. The first-order chi connectivity index (χ1) is 23.0. The van der Waals surface area contributed by atoms with Crippen LogP contribution >= 0.6 is 12.2 Å². The van der Waals surface area contributed by atoms with Crippen molar-refractivity contribution >= 4 is 29.1 Å². The first-order valence-corrected chi connectivity index (χ1v) is 20.4. The maximum Gasteiger partial charge on any atom is 0.325 e. The number of hydrogen-bond acceptors (Lipinski definition) is 5. The van der Waals surface area contributed by atoms with Crippen LogP contribution in [0.25, 0.3) is 0 Å². The molecular weight excluding hydrogens is 617 g/mol. The predicted octanol–water partition coefficient (Wildman–Crippen LogP) is 9.62. The van der Waals surface area contributed by atoms with Crippen LogP contribution in [0, 0.1) is 34.0 Å². The highest BCUT2D eigenvalue weighted by Crippen LogP contribution is 2.68. The van der Waals surface area contributed by atoms with Gasteiger partial charge in [0.05, 0.1) is 6.10 Å². The van der Waals surface area contributed by atoms with E-state index in [4.69, 9.17) is 17.0 Å². The van der Waals surface area contributed by atoms with Crippen molar-refractivity contribution in [3.05, 3.63) is 12.7 Å². The molecule has 0 saturated heterocycles. The summed E-state index contributed by atoms with van der Waals surface area (Å²) >= 11 is 5.48. The number of aliphatic hydroxyl groups is 1. The third kappa shape index (κ3) is 10.3. The minimum atomic E-state index is -0.665. The quantitative estimate of drug-likeness (QED) is 0.0479. The fraction of sp³-hybridized carbons (Fsp3) is 0.878. The molecule has 0 unspecified atom stereocenters. The van der Waals surface area contributed by atoms with Gasteiger partial charge in [0, 0.05) is 29.7 Å². The van der Waals surface area contributed by atoms with Gasteiger partial charge in [0.1, 0.15) is 18.4 Å². The highest BCUT2D eigenvalue weighted by molar-refractivity contribution is 7.80. The van der Waals surface area contributed by atoms with Gasteiger partial charge < -0.3 is 20.5 Å². The van der Waals surface area contributed by atoms with Crippen LogP contribution in [0.3, 0.4) is 0 Å². The summed E-state index contributed by atoms with van der Waals surface area (Å²) < 4.78 is 6.31. The van der Waals surface area contributed by atoms with E-state index in [0.717, 1.165) is 32.2 Å². The van der Waals surface area contributed by atoms with Gasteiger partial charge in [-0.2, -0.15) is 0 Å². The molecule has 7 heteroatoms. The second-order valence-corrected chi connectivity index (χ2v) is 16.9. The van der Waals surface area contributed by atoms with E-state index in [2.05, 4.69) is 44.9 Å². The van der Waals surface area contributed by atoms with Crippen molar-refractivity contribution in [1.29, 1.82) is 0 Å². The standard InChI is InChI=1S/C41H72N2O4S/c1-7-9-10-11-12-13-14-15-16-17-18-19-20-21-22-23-28-42-38(48)43-30-35(45)47-34-29-39(5,8-2)37(46)32(4)41-26-24-31(3)40(34,6)36(41)33(44)25-27-41/h8,31-32,34,36-37,46H,2,7,9-30H2,1,3-6H3,(H2,42,43,48)/t31-,32+,34-,36+,37+,39-,40+,41+/m1/s1.